The number of benzene rings is 5. The van der Waals surface area contributed by atoms with E-state index in [0.29, 0.717) is 5.02 Å². The van der Waals surface area contributed by atoms with E-state index in [-0.39, 0.29) is 21.7 Å². The Hall–Kier alpha value is -4.86. The summed E-state index contributed by atoms with van der Waals surface area (Å²) in [5, 5.41) is 0.660. The van der Waals surface area contributed by atoms with Crippen LogP contribution < -0.4 is 9.80 Å². The lowest BCUT2D eigenvalue weighted by Gasteiger charge is -2.34. The van der Waals surface area contributed by atoms with Crippen LogP contribution in [-0.2, 0) is 21.7 Å². The Morgan fingerprint density at radius 1 is 0.446 bits per heavy atom. The molecule has 3 nitrogen and oxygen atoms in total. The first kappa shape index (κ1) is 40.8. The Bertz CT molecular complexity index is 2220. The molecule has 290 valence electrons. The molecular formula is C52H60ClN3. The van der Waals surface area contributed by atoms with Crippen LogP contribution in [-0.4, -0.2) is 4.98 Å². The third-order valence-corrected chi connectivity index (χ3v) is 11.1. The van der Waals surface area contributed by atoms with Crippen molar-refractivity contribution in [3.8, 4) is 11.1 Å². The molecule has 0 bridgehead atoms. The van der Waals surface area contributed by atoms with Crippen LogP contribution in [0.25, 0.3) is 11.1 Å². The van der Waals surface area contributed by atoms with Crippen molar-refractivity contribution in [2.75, 3.05) is 9.80 Å². The monoisotopic (exact) mass is 761 g/mol. The minimum absolute atomic E-state index is 0.0122. The topological polar surface area (TPSA) is 19.4 Å². The Morgan fingerprint density at radius 2 is 0.839 bits per heavy atom. The van der Waals surface area contributed by atoms with Crippen LogP contribution in [0, 0.1) is 6.92 Å². The number of halogens is 1. The molecule has 0 N–H and O–H groups in total. The molecule has 1 heterocycles. The molecule has 6 aromatic rings. The highest BCUT2D eigenvalue weighted by molar-refractivity contribution is 6.36. The van der Waals surface area contributed by atoms with Gasteiger partial charge in [0, 0.05) is 40.6 Å². The lowest BCUT2D eigenvalue weighted by atomic mass is 9.84. The average molecular weight is 763 g/mol. The quantitative estimate of drug-likeness (QED) is 0.161. The largest absolute Gasteiger partial charge is 0.309 e. The molecule has 4 heteroatoms. The van der Waals surface area contributed by atoms with Gasteiger partial charge < -0.3 is 9.80 Å². The fourth-order valence-electron chi connectivity index (χ4n) is 7.17. The summed E-state index contributed by atoms with van der Waals surface area (Å²) in [6, 6.07) is 42.3. The van der Waals surface area contributed by atoms with Crippen molar-refractivity contribution >= 4 is 45.7 Å². The molecule has 0 unspecified atom stereocenters. The summed E-state index contributed by atoms with van der Waals surface area (Å²) in [6.07, 6.45) is 3.79. The second-order valence-corrected chi connectivity index (χ2v) is 19.8. The Morgan fingerprint density at radius 3 is 1.23 bits per heavy atom. The van der Waals surface area contributed by atoms with Gasteiger partial charge in [-0.2, -0.15) is 0 Å². The molecule has 6 rings (SSSR count). The zero-order valence-electron chi connectivity index (χ0n) is 35.8. The molecule has 0 aliphatic carbocycles. The number of aromatic nitrogens is 1. The highest BCUT2D eigenvalue weighted by atomic mass is 35.5. The standard InChI is InChI=1S/C52H60ClN3/c1-35-31-46(55(41-23-16-37(17-24-41)49(2,3)4)42-25-18-38(19-26-42)50(5,6)7)48(53)47(32-35)56(43-27-20-39(21-28-43)51(8,9)10)45-29-22-40(52(11,12)13)33-44(45)36-15-14-30-54-34-36/h14-34H,1-13H3. The van der Waals surface area contributed by atoms with E-state index in [1.807, 2.05) is 18.5 Å². The molecule has 56 heavy (non-hydrogen) atoms. The SMILES string of the molecule is Cc1cc(N(c2ccc(C(C)(C)C)cc2)c2ccc(C(C)(C)C)cc2)c(Cl)c(N(c2ccc(C(C)(C)C)cc2)c2ccc(C(C)(C)C)cc2-c2cccnc2)c1. The fourth-order valence-corrected chi connectivity index (χ4v) is 7.45. The Kier molecular flexibility index (Phi) is 11.1. The van der Waals surface area contributed by atoms with Crippen LogP contribution in [0.2, 0.25) is 5.02 Å². The molecule has 1 aromatic heterocycles. The summed E-state index contributed by atoms with van der Waals surface area (Å²) in [6.45, 7) is 29.2. The van der Waals surface area contributed by atoms with Gasteiger partial charge in [-0.25, -0.2) is 0 Å². The van der Waals surface area contributed by atoms with Crippen LogP contribution in [0.1, 0.15) is 111 Å². The molecule has 0 amide bonds. The molecule has 0 atom stereocenters. The predicted molar refractivity (Wildman–Crippen MR) is 244 cm³/mol. The minimum atomic E-state index is -0.0472. The molecule has 0 aliphatic heterocycles. The Balaban J connectivity index is 1.65. The molecule has 0 saturated heterocycles. The zero-order chi connectivity index (χ0) is 40.8. The van der Waals surface area contributed by atoms with Gasteiger partial charge in [0.2, 0.25) is 0 Å². The van der Waals surface area contributed by atoms with E-state index >= 15 is 0 Å². The fraction of sp³-hybridized carbons (Fsp3) is 0.327. The number of aryl methyl sites for hydroxylation is 1. The van der Waals surface area contributed by atoms with Gasteiger partial charge in [0.25, 0.3) is 0 Å². The van der Waals surface area contributed by atoms with Crippen LogP contribution in [0.5, 0.6) is 0 Å². The maximum absolute atomic E-state index is 7.89. The van der Waals surface area contributed by atoms with Crippen LogP contribution in [0.3, 0.4) is 0 Å². The van der Waals surface area contributed by atoms with E-state index < -0.39 is 0 Å². The molecule has 0 saturated carbocycles. The van der Waals surface area contributed by atoms with Gasteiger partial charge in [-0.3, -0.25) is 4.98 Å². The second kappa shape index (κ2) is 15.2. The lowest BCUT2D eigenvalue weighted by Crippen LogP contribution is -2.18. The van der Waals surface area contributed by atoms with Gasteiger partial charge in [-0.1, -0.05) is 143 Å². The first-order valence-electron chi connectivity index (χ1n) is 19.9. The van der Waals surface area contributed by atoms with E-state index in [9.17, 15) is 0 Å². The molecule has 0 spiro atoms. The van der Waals surface area contributed by atoms with Crippen LogP contribution in [0.15, 0.2) is 128 Å². The summed E-state index contributed by atoms with van der Waals surface area (Å²) in [5.41, 5.74) is 14.3. The minimum Gasteiger partial charge on any atom is -0.309 e. The van der Waals surface area contributed by atoms with Gasteiger partial charge in [-0.15, -0.1) is 0 Å². The highest BCUT2D eigenvalue weighted by Crippen LogP contribution is 2.50. The van der Waals surface area contributed by atoms with E-state index in [2.05, 4.69) is 214 Å². The van der Waals surface area contributed by atoms with Gasteiger partial charge in [-0.05, 0) is 123 Å². The number of anilines is 6. The van der Waals surface area contributed by atoms with Crippen molar-refractivity contribution in [1.82, 2.24) is 4.98 Å². The molecule has 0 fully saturated rings. The van der Waals surface area contributed by atoms with Crippen molar-refractivity contribution in [3.63, 3.8) is 0 Å². The van der Waals surface area contributed by atoms with E-state index in [0.717, 1.165) is 50.8 Å². The van der Waals surface area contributed by atoms with Crippen LogP contribution >= 0.6 is 11.6 Å². The third-order valence-electron chi connectivity index (χ3n) is 10.7. The second-order valence-electron chi connectivity index (χ2n) is 19.4. The van der Waals surface area contributed by atoms with Crippen molar-refractivity contribution in [2.24, 2.45) is 0 Å². The number of pyridine rings is 1. The lowest BCUT2D eigenvalue weighted by molar-refractivity contribution is 0.590. The predicted octanol–water partition coefficient (Wildman–Crippen LogP) is 15.8. The Labute approximate surface area is 342 Å². The normalized spacial score (nSPS) is 12.5. The van der Waals surface area contributed by atoms with Crippen molar-refractivity contribution in [1.29, 1.82) is 0 Å². The smallest absolute Gasteiger partial charge is 0.0887 e. The highest BCUT2D eigenvalue weighted by Gasteiger charge is 2.27. The molecule has 5 aromatic carbocycles. The van der Waals surface area contributed by atoms with Crippen molar-refractivity contribution in [2.45, 2.75) is 112 Å². The number of rotatable bonds is 7. The maximum atomic E-state index is 7.89. The molecular weight excluding hydrogens is 702 g/mol. The van der Waals surface area contributed by atoms with E-state index in [1.54, 1.807) is 0 Å². The average Bonchev–Trinajstić information content (AvgIpc) is 3.13. The third kappa shape index (κ3) is 8.74. The van der Waals surface area contributed by atoms with Gasteiger partial charge in [0.15, 0.2) is 0 Å². The summed E-state index contributed by atoms with van der Waals surface area (Å²) >= 11 is 7.89. The zero-order valence-corrected chi connectivity index (χ0v) is 36.6. The van der Waals surface area contributed by atoms with Gasteiger partial charge >= 0.3 is 0 Å². The molecule has 0 aliphatic rings. The number of hydrogen-bond donors (Lipinski definition) is 0. The number of hydrogen-bond acceptors (Lipinski definition) is 3. The first-order chi connectivity index (χ1) is 26.1. The van der Waals surface area contributed by atoms with E-state index in [1.165, 1.54) is 22.3 Å². The molecule has 0 radical (unpaired) electrons. The maximum Gasteiger partial charge on any atom is 0.0887 e. The summed E-state index contributed by atoms with van der Waals surface area (Å²) in [5.74, 6) is 0. The van der Waals surface area contributed by atoms with E-state index in [4.69, 9.17) is 11.6 Å². The van der Waals surface area contributed by atoms with Crippen molar-refractivity contribution < 1.29 is 0 Å². The van der Waals surface area contributed by atoms with Crippen LogP contribution in [0.4, 0.5) is 34.1 Å². The summed E-state index contributed by atoms with van der Waals surface area (Å²) in [7, 11) is 0. The summed E-state index contributed by atoms with van der Waals surface area (Å²) < 4.78 is 0. The van der Waals surface area contributed by atoms with Crippen molar-refractivity contribution in [3.05, 3.63) is 160 Å². The van der Waals surface area contributed by atoms with Gasteiger partial charge in [0.1, 0.15) is 0 Å². The number of nitrogens with zero attached hydrogens (tertiary/aromatic N) is 3. The first-order valence-corrected chi connectivity index (χ1v) is 20.3. The van der Waals surface area contributed by atoms with Gasteiger partial charge in [0.05, 0.1) is 22.1 Å². The summed E-state index contributed by atoms with van der Waals surface area (Å²) in [4.78, 5) is 9.21.